The summed E-state index contributed by atoms with van der Waals surface area (Å²) in [5.41, 5.74) is 2.36. The van der Waals surface area contributed by atoms with Crippen molar-refractivity contribution in [3.8, 4) is 5.75 Å². The highest BCUT2D eigenvalue weighted by Gasteiger charge is 2.39. The van der Waals surface area contributed by atoms with Gasteiger partial charge in [-0.1, -0.05) is 13.0 Å². The Hall–Kier alpha value is -3.35. The molecule has 29 heavy (non-hydrogen) atoms. The number of hydrogen-bond acceptors (Lipinski definition) is 4. The van der Waals surface area contributed by atoms with Crippen molar-refractivity contribution in [1.82, 2.24) is 5.32 Å². The smallest absolute Gasteiger partial charge is 0.330 e. The SMILES string of the molecule is CC1CC1C(=O)Nc1ccc(C(=O)NC(C(=O)O)c2ccc3c(c2)CCO3)cc1. The number of aliphatic carboxylic acids is 1. The van der Waals surface area contributed by atoms with E-state index >= 15 is 0 Å². The van der Waals surface area contributed by atoms with Crippen molar-refractivity contribution in [3.05, 3.63) is 59.2 Å². The van der Waals surface area contributed by atoms with Crippen LogP contribution in [0.5, 0.6) is 5.75 Å². The molecule has 2 aromatic carbocycles. The molecule has 3 unspecified atom stereocenters. The van der Waals surface area contributed by atoms with E-state index in [-0.39, 0.29) is 11.8 Å². The van der Waals surface area contributed by atoms with E-state index in [1.54, 1.807) is 42.5 Å². The second kappa shape index (κ2) is 7.58. The van der Waals surface area contributed by atoms with Crippen molar-refractivity contribution in [2.75, 3.05) is 11.9 Å². The first-order valence-corrected chi connectivity index (χ1v) is 9.62. The molecule has 7 nitrogen and oxygen atoms in total. The van der Waals surface area contributed by atoms with E-state index in [2.05, 4.69) is 10.6 Å². The van der Waals surface area contributed by atoms with Crippen LogP contribution in [0, 0.1) is 11.8 Å². The number of fused-ring (bicyclic) bond motifs is 1. The number of hydrogen-bond donors (Lipinski definition) is 3. The van der Waals surface area contributed by atoms with E-state index in [0.29, 0.717) is 29.3 Å². The van der Waals surface area contributed by atoms with Crippen LogP contribution in [0.25, 0.3) is 0 Å². The van der Waals surface area contributed by atoms with Crippen molar-refractivity contribution in [1.29, 1.82) is 0 Å². The Labute approximate surface area is 168 Å². The minimum Gasteiger partial charge on any atom is -0.493 e. The van der Waals surface area contributed by atoms with Crippen LogP contribution < -0.4 is 15.4 Å². The summed E-state index contributed by atoms with van der Waals surface area (Å²) < 4.78 is 5.44. The number of carbonyl (C=O) groups excluding carboxylic acids is 2. The summed E-state index contributed by atoms with van der Waals surface area (Å²) in [7, 11) is 0. The number of carboxylic acids is 1. The molecule has 1 aliphatic carbocycles. The minimum atomic E-state index is -1.16. The standard InChI is InChI=1S/C22H22N2O5/c1-12-10-17(12)21(26)23-16-5-2-13(3-6-16)20(25)24-19(22(27)28)15-4-7-18-14(11-15)8-9-29-18/h2-7,11-12,17,19H,8-10H2,1H3,(H,23,26)(H,24,25)(H,27,28). The second-order valence-electron chi connectivity index (χ2n) is 7.60. The maximum Gasteiger partial charge on any atom is 0.330 e. The predicted molar refractivity (Wildman–Crippen MR) is 106 cm³/mol. The molecule has 0 radical (unpaired) electrons. The Morgan fingerprint density at radius 2 is 1.86 bits per heavy atom. The van der Waals surface area contributed by atoms with Crippen LogP contribution in [-0.2, 0) is 16.0 Å². The van der Waals surface area contributed by atoms with Crippen molar-refractivity contribution in [2.24, 2.45) is 11.8 Å². The average Bonchev–Trinajstić information content (AvgIpc) is 3.25. The highest BCUT2D eigenvalue weighted by molar-refractivity contribution is 5.98. The van der Waals surface area contributed by atoms with Gasteiger partial charge in [0.2, 0.25) is 5.91 Å². The monoisotopic (exact) mass is 394 g/mol. The number of carbonyl (C=O) groups is 3. The number of anilines is 1. The van der Waals surface area contributed by atoms with Gasteiger partial charge in [0.15, 0.2) is 6.04 Å². The second-order valence-corrected chi connectivity index (χ2v) is 7.60. The summed E-state index contributed by atoms with van der Waals surface area (Å²) in [5.74, 6) is -0.419. The van der Waals surface area contributed by atoms with Gasteiger partial charge in [-0.2, -0.15) is 0 Å². The van der Waals surface area contributed by atoms with E-state index in [4.69, 9.17) is 4.74 Å². The van der Waals surface area contributed by atoms with Gasteiger partial charge in [0.25, 0.3) is 5.91 Å². The Balaban J connectivity index is 1.44. The maximum absolute atomic E-state index is 12.6. The molecule has 0 spiro atoms. The molecule has 2 amide bonds. The first-order valence-electron chi connectivity index (χ1n) is 9.62. The number of ether oxygens (including phenoxy) is 1. The lowest BCUT2D eigenvalue weighted by molar-refractivity contribution is -0.139. The third-order valence-electron chi connectivity index (χ3n) is 5.43. The summed E-state index contributed by atoms with van der Waals surface area (Å²) >= 11 is 0. The van der Waals surface area contributed by atoms with Crippen LogP contribution in [0.4, 0.5) is 5.69 Å². The van der Waals surface area contributed by atoms with Gasteiger partial charge < -0.3 is 20.5 Å². The zero-order valence-corrected chi connectivity index (χ0v) is 16.0. The minimum absolute atomic E-state index is 0.0127. The summed E-state index contributed by atoms with van der Waals surface area (Å²) in [6, 6.07) is 10.4. The lowest BCUT2D eigenvalue weighted by atomic mass is 10.0. The molecule has 4 rings (SSSR count). The predicted octanol–water partition coefficient (Wildman–Crippen LogP) is 2.77. The fraction of sp³-hybridized carbons (Fsp3) is 0.318. The van der Waals surface area contributed by atoms with E-state index < -0.39 is 17.9 Å². The Morgan fingerprint density at radius 3 is 2.52 bits per heavy atom. The fourth-order valence-electron chi connectivity index (χ4n) is 3.52. The van der Waals surface area contributed by atoms with E-state index in [1.807, 2.05) is 6.92 Å². The molecule has 1 heterocycles. The third-order valence-corrected chi connectivity index (χ3v) is 5.43. The molecule has 3 atom stereocenters. The summed E-state index contributed by atoms with van der Waals surface area (Å²) in [6.07, 6.45) is 1.62. The summed E-state index contributed by atoms with van der Waals surface area (Å²) in [6.45, 7) is 2.61. The molecule has 2 aromatic rings. The van der Waals surface area contributed by atoms with Crippen LogP contribution in [0.2, 0.25) is 0 Å². The zero-order chi connectivity index (χ0) is 20.5. The lowest BCUT2D eigenvalue weighted by Gasteiger charge is -2.16. The molecule has 7 heteroatoms. The van der Waals surface area contributed by atoms with Crippen molar-refractivity contribution < 1.29 is 24.2 Å². The Bertz CT molecular complexity index is 970. The van der Waals surface area contributed by atoms with E-state index in [0.717, 1.165) is 24.2 Å². The van der Waals surface area contributed by atoms with Crippen LogP contribution in [0.1, 0.15) is 40.9 Å². The molecular weight excluding hydrogens is 372 g/mol. The van der Waals surface area contributed by atoms with Gasteiger partial charge in [0.1, 0.15) is 5.75 Å². The number of nitrogens with one attached hydrogen (secondary N) is 2. The fourth-order valence-corrected chi connectivity index (χ4v) is 3.52. The molecule has 1 aliphatic heterocycles. The first-order chi connectivity index (χ1) is 13.9. The lowest BCUT2D eigenvalue weighted by Crippen LogP contribution is -2.33. The Morgan fingerprint density at radius 1 is 1.14 bits per heavy atom. The van der Waals surface area contributed by atoms with Crippen LogP contribution in [0.3, 0.4) is 0 Å². The Kier molecular flexibility index (Phi) is 4.96. The molecule has 1 saturated carbocycles. The van der Waals surface area contributed by atoms with Gasteiger partial charge in [-0.15, -0.1) is 0 Å². The molecule has 150 valence electrons. The number of amides is 2. The topological polar surface area (TPSA) is 105 Å². The van der Waals surface area contributed by atoms with Gasteiger partial charge in [-0.25, -0.2) is 4.79 Å². The van der Waals surface area contributed by atoms with Crippen LogP contribution in [0.15, 0.2) is 42.5 Å². The van der Waals surface area contributed by atoms with Gasteiger partial charge in [-0.3, -0.25) is 9.59 Å². The third kappa shape index (κ3) is 4.08. The highest BCUT2D eigenvalue weighted by Crippen LogP contribution is 2.38. The van der Waals surface area contributed by atoms with Crippen molar-refractivity contribution in [3.63, 3.8) is 0 Å². The molecular formula is C22H22N2O5. The van der Waals surface area contributed by atoms with Gasteiger partial charge >= 0.3 is 5.97 Å². The van der Waals surface area contributed by atoms with Gasteiger partial charge in [0.05, 0.1) is 6.61 Å². The van der Waals surface area contributed by atoms with Crippen molar-refractivity contribution in [2.45, 2.75) is 25.8 Å². The first kappa shape index (κ1) is 19.0. The zero-order valence-electron chi connectivity index (χ0n) is 16.0. The normalized spacial score (nSPS) is 20.2. The molecule has 3 N–H and O–H groups in total. The maximum atomic E-state index is 12.6. The quantitative estimate of drug-likeness (QED) is 0.699. The molecule has 1 fully saturated rings. The van der Waals surface area contributed by atoms with Crippen LogP contribution in [-0.4, -0.2) is 29.5 Å². The number of rotatable bonds is 6. The van der Waals surface area contributed by atoms with Crippen LogP contribution >= 0.6 is 0 Å². The average molecular weight is 394 g/mol. The highest BCUT2D eigenvalue weighted by atomic mass is 16.5. The molecule has 2 aliphatic rings. The van der Waals surface area contributed by atoms with E-state index in [9.17, 15) is 19.5 Å². The molecule has 0 saturated heterocycles. The van der Waals surface area contributed by atoms with Crippen molar-refractivity contribution >= 4 is 23.5 Å². The number of benzene rings is 2. The van der Waals surface area contributed by atoms with Gasteiger partial charge in [-0.05, 0) is 59.9 Å². The number of carboxylic acid groups (broad SMARTS) is 1. The summed E-state index contributed by atoms with van der Waals surface area (Å²) in [5, 5.41) is 15.0. The largest absolute Gasteiger partial charge is 0.493 e. The summed E-state index contributed by atoms with van der Waals surface area (Å²) in [4.78, 5) is 36.3. The van der Waals surface area contributed by atoms with E-state index in [1.165, 1.54) is 0 Å². The molecule has 0 bridgehead atoms. The van der Waals surface area contributed by atoms with Gasteiger partial charge in [0, 0.05) is 23.6 Å². The molecule has 0 aromatic heterocycles.